The molecule has 0 atom stereocenters. The fraction of sp³-hybridized carbons (Fsp3) is 1.00. The van der Waals surface area contributed by atoms with Crippen molar-refractivity contribution in [1.82, 2.24) is 0 Å². The lowest BCUT2D eigenvalue weighted by atomic mass is 9.81. The highest BCUT2D eigenvalue weighted by atomic mass is 14.4. The summed E-state index contributed by atoms with van der Waals surface area (Å²) in [5.41, 5.74) is 4.50. The second-order valence-corrected chi connectivity index (χ2v) is 0. The van der Waals surface area contributed by atoms with Gasteiger partial charge in [-0.1, -0.05) is 0 Å². The Bertz CT molecular complexity index is 6.00. The number of hydrogen-bond donors (Lipinski definition) is 1. The van der Waals surface area contributed by atoms with E-state index in [0.717, 1.165) is 0 Å². The highest BCUT2D eigenvalue weighted by Gasteiger charge is 1.00. The molecule has 0 bridgehead atoms. The van der Waals surface area contributed by atoms with Crippen molar-refractivity contribution in [1.29, 1.82) is 0 Å². The minimum Gasteiger partial charge on any atom is -0.333 e. The molecule has 0 rings (SSSR count). The molecule has 4 heavy (non-hydrogen) atoms. The van der Waals surface area contributed by atoms with Gasteiger partial charge in [0.15, 0.2) is 0 Å². The van der Waals surface area contributed by atoms with Crippen LogP contribution in [0.5, 0.6) is 0 Å². The van der Waals surface area contributed by atoms with Crippen molar-refractivity contribution in [2.24, 2.45) is 5.73 Å². The van der Waals surface area contributed by atoms with Gasteiger partial charge in [0.2, 0.25) is 0 Å². The molecular weight excluding hydrogens is 47.6 g/mol. The third-order valence-corrected chi connectivity index (χ3v) is 0. The number of rotatable bonds is 0. The Kier molecular flexibility index (Phi) is 3730. The first-order valence-electron chi connectivity index (χ1n) is 0.911. The maximum absolute atomic E-state index is 4.50. The molecule has 0 unspecified atom stereocenters. The van der Waals surface area contributed by atoms with Crippen molar-refractivity contribution in [2.75, 3.05) is 7.05 Å². The Morgan fingerprint density at radius 1 is 1.25 bits per heavy atom. The van der Waals surface area contributed by atoms with Crippen LogP contribution in [0.4, 0.5) is 0 Å². The highest BCUT2D eigenvalue weighted by Crippen LogP contribution is 0.619. The van der Waals surface area contributed by atoms with Crippen molar-refractivity contribution >= 4 is 15.5 Å². The molecule has 0 fully saturated rings. The molecule has 0 saturated heterocycles. The Morgan fingerprint density at radius 3 is 1.25 bits per heavy atom. The average Bonchev–Trinajstić information content (AvgIpc) is 1.50. The Balaban J connectivity index is 0. The molecule has 0 aromatic carbocycles. The van der Waals surface area contributed by atoms with Crippen LogP contribution in [0.3, 0.4) is 0 Å². The van der Waals surface area contributed by atoms with E-state index in [-0.39, 0.29) is 0 Å². The molecule has 1 nitrogen and oxygen atoms in total. The van der Waals surface area contributed by atoms with Crippen LogP contribution in [-0.4, -0.2) is 22.5 Å². The lowest BCUT2D eigenvalue weighted by Crippen LogP contribution is -1.69. The second-order valence-electron chi connectivity index (χ2n) is 0. The Labute approximate surface area is 29.4 Å². The molecule has 0 saturated carbocycles. The predicted octanol–water partition coefficient (Wildman–Crippen LogP) is -1.19. The van der Waals surface area contributed by atoms with Gasteiger partial charge in [0.05, 0.1) is 0 Å². The van der Waals surface area contributed by atoms with Crippen LogP contribution in [0.2, 0.25) is 0 Å². The summed E-state index contributed by atoms with van der Waals surface area (Å²) in [6, 6.07) is 0. The monoisotopic (exact) mass is 53.1 g/mol. The normalized spacial score (nSPS) is 2.50. The summed E-state index contributed by atoms with van der Waals surface area (Å²) >= 11 is 0. The first-order valence-corrected chi connectivity index (χ1v) is 0.911. The topological polar surface area (TPSA) is 26.0 Å². The molecule has 0 amide bonds. The lowest BCUT2D eigenvalue weighted by molar-refractivity contribution is 1.48. The minimum atomic E-state index is 1.50. The van der Waals surface area contributed by atoms with Gasteiger partial charge in [0.1, 0.15) is 0 Å². The van der Waals surface area contributed by atoms with Crippen molar-refractivity contribution in [3.63, 3.8) is 0 Å². The maximum Gasteiger partial charge on any atom is 0 e. The molecule has 0 aliphatic heterocycles. The lowest BCUT2D eigenvalue weighted by Gasteiger charge is -1.19. The number of hydrogen-bond acceptors (Lipinski definition) is 1. The van der Waals surface area contributed by atoms with Gasteiger partial charge in [-0.15, -0.1) is 0 Å². The average molecular weight is 52.7 g/mol. The van der Waals surface area contributed by atoms with Gasteiger partial charge >= 0.3 is 0 Å². The molecule has 4 radical (unpaired) electrons. The van der Waals surface area contributed by atoms with Crippen LogP contribution in [0.1, 0.15) is 0 Å². The predicted molar refractivity (Wildman–Crippen MR) is 21.6 cm³/mol. The Hall–Kier alpha value is 0.0899. The standard InChI is InChI=1S/CH5N.B2/c2*1-2/h2H2,1H3;. The summed E-state index contributed by atoms with van der Waals surface area (Å²) in [7, 11) is 9.50. The van der Waals surface area contributed by atoms with Gasteiger partial charge < -0.3 is 5.73 Å². The zero-order valence-electron chi connectivity index (χ0n) is 2.73. The van der Waals surface area contributed by atoms with Crippen molar-refractivity contribution in [3.05, 3.63) is 0 Å². The van der Waals surface area contributed by atoms with Crippen molar-refractivity contribution in [3.8, 4) is 0 Å². The minimum absolute atomic E-state index is 1.50. The molecule has 0 heterocycles. The van der Waals surface area contributed by atoms with E-state index in [9.17, 15) is 0 Å². The van der Waals surface area contributed by atoms with Crippen molar-refractivity contribution in [2.45, 2.75) is 0 Å². The molecule has 0 aliphatic rings. The van der Waals surface area contributed by atoms with E-state index in [4.69, 9.17) is 0 Å². The van der Waals surface area contributed by atoms with Crippen LogP contribution < -0.4 is 5.73 Å². The summed E-state index contributed by atoms with van der Waals surface area (Å²) < 4.78 is 0. The van der Waals surface area contributed by atoms with Crippen LogP contribution in [-0.2, 0) is 0 Å². The summed E-state index contributed by atoms with van der Waals surface area (Å²) in [6.07, 6.45) is 0. The second kappa shape index (κ2) is 1670. The summed E-state index contributed by atoms with van der Waals surface area (Å²) in [6.45, 7) is 0. The molecule has 2 N–H and O–H groups in total. The smallest absolute Gasteiger partial charge is 0 e. The molecule has 0 aromatic rings. The zero-order chi connectivity index (χ0) is 4.00. The van der Waals surface area contributed by atoms with E-state index in [1.54, 1.807) is 0 Å². The highest BCUT2D eigenvalue weighted by molar-refractivity contribution is 6.75. The fourth-order valence-corrected chi connectivity index (χ4v) is 0. The van der Waals surface area contributed by atoms with E-state index in [1.807, 2.05) is 0 Å². The van der Waals surface area contributed by atoms with Crippen LogP contribution in [0, 0.1) is 0 Å². The van der Waals surface area contributed by atoms with E-state index >= 15 is 0 Å². The number of nitrogens with two attached hydrogens (primary N) is 1. The first-order chi connectivity index (χ1) is 2.00. The molecular formula is CH5B2N. The fourth-order valence-electron chi connectivity index (χ4n) is 0. The first kappa shape index (κ1) is 8.94. The van der Waals surface area contributed by atoms with Gasteiger partial charge in [-0.05, 0) is 7.05 Å². The van der Waals surface area contributed by atoms with Gasteiger partial charge in [-0.2, -0.15) is 0 Å². The molecule has 0 spiro atoms. The molecule has 20 valence electrons. The maximum atomic E-state index is 4.50. The zero-order valence-corrected chi connectivity index (χ0v) is 2.73. The van der Waals surface area contributed by atoms with Gasteiger partial charge in [0, 0.05) is 15.5 Å². The van der Waals surface area contributed by atoms with Gasteiger partial charge in [-0.25, -0.2) is 0 Å². The van der Waals surface area contributed by atoms with E-state index < -0.39 is 0 Å². The third kappa shape index (κ3) is 307. The van der Waals surface area contributed by atoms with Crippen LogP contribution in [0.15, 0.2) is 0 Å². The SMILES string of the molecule is CN.[B][B]. The van der Waals surface area contributed by atoms with Gasteiger partial charge in [-0.3, -0.25) is 0 Å². The van der Waals surface area contributed by atoms with Gasteiger partial charge in [0.25, 0.3) is 0 Å². The Morgan fingerprint density at radius 2 is 1.25 bits per heavy atom. The third-order valence-electron chi connectivity index (χ3n) is 0. The van der Waals surface area contributed by atoms with Crippen molar-refractivity contribution < 1.29 is 0 Å². The quantitative estimate of drug-likeness (QED) is 0.345. The largest absolute Gasteiger partial charge is 0.333 e. The molecule has 0 aromatic heterocycles. The molecule has 3 heteroatoms. The van der Waals surface area contributed by atoms with E-state index in [1.165, 1.54) is 7.05 Å². The van der Waals surface area contributed by atoms with Crippen LogP contribution in [0.25, 0.3) is 0 Å². The summed E-state index contributed by atoms with van der Waals surface area (Å²) in [5.74, 6) is 0. The van der Waals surface area contributed by atoms with Crippen LogP contribution >= 0.6 is 0 Å². The van der Waals surface area contributed by atoms with E-state index in [2.05, 4.69) is 21.2 Å². The van der Waals surface area contributed by atoms with E-state index in [0.29, 0.717) is 0 Å². The molecule has 0 aliphatic carbocycles. The summed E-state index contributed by atoms with van der Waals surface area (Å²) in [5, 5.41) is 0. The summed E-state index contributed by atoms with van der Waals surface area (Å²) in [4.78, 5) is 0.